The van der Waals surface area contributed by atoms with Crippen LogP contribution in [0.1, 0.15) is 54.6 Å². The SMILES string of the molecule is CCc1ccc(N2CC(c3nc4ccccc4n3CCCCOc3ccc(C)cc3C)CC2=O)cc1. The molecule has 0 N–H and O–H groups in total. The fourth-order valence-electron chi connectivity index (χ4n) is 5.20. The molecule has 1 saturated heterocycles. The van der Waals surface area contributed by atoms with Gasteiger partial charge < -0.3 is 14.2 Å². The maximum Gasteiger partial charge on any atom is 0.227 e. The number of fused-ring (bicyclic) bond motifs is 1. The summed E-state index contributed by atoms with van der Waals surface area (Å²) >= 11 is 0. The van der Waals surface area contributed by atoms with Crippen molar-refractivity contribution in [3.8, 4) is 5.75 Å². The van der Waals surface area contributed by atoms with Gasteiger partial charge in [0, 0.05) is 31.1 Å². The first-order valence-electron chi connectivity index (χ1n) is 13.1. The van der Waals surface area contributed by atoms with Gasteiger partial charge in [-0.25, -0.2) is 4.98 Å². The molecule has 0 radical (unpaired) electrons. The number of para-hydroxylation sites is 2. The summed E-state index contributed by atoms with van der Waals surface area (Å²) in [6, 6.07) is 23.0. The smallest absolute Gasteiger partial charge is 0.227 e. The first-order valence-corrected chi connectivity index (χ1v) is 13.1. The quantitative estimate of drug-likeness (QED) is 0.253. The lowest BCUT2D eigenvalue weighted by molar-refractivity contribution is -0.117. The summed E-state index contributed by atoms with van der Waals surface area (Å²) < 4.78 is 8.37. The molecular formula is C31H35N3O2. The lowest BCUT2D eigenvalue weighted by Gasteiger charge is -2.18. The highest BCUT2D eigenvalue weighted by molar-refractivity contribution is 5.96. The monoisotopic (exact) mass is 481 g/mol. The van der Waals surface area contributed by atoms with Crippen LogP contribution >= 0.6 is 0 Å². The minimum absolute atomic E-state index is 0.0854. The third-order valence-corrected chi connectivity index (χ3v) is 7.19. The van der Waals surface area contributed by atoms with E-state index in [2.05, 4.69) is 86.0 Å². The number of benzene rings is 3. The Hall–Kier alpha value is -3.60. The zero-order valence-electron chi connectivity index (χ0n) is 21.5. The van der Waals surface area contributed by atoms with E-state index in [1.165, 1.54) is 16.7 Å². The van der Waals surface area contributed by atoms with Gasteiger partial charge in [0.15, 0.2) is 0 Å². The molecule has 1 atom stereocenters. The average molecular weight is 482 g/mol. The topological polar surface area (TPSA) is 47.4 Å². The van der Waals surface area contributed by atoms with Crippen molar-refractivity contribution < 1.29 is 9.53 Å². The predicted molar refractivity (Wildman–Crippen MR) is 146 cm³/mol. The first-order chi connectivity index (χ1) is 17.5. The molecule has 186 valence electrons. The molecule has 1 aliphatic heterocycles. The van der Waals surface area contributed by atoms with Crippen LogP contribution in [-0.4, -0.2) is 28.6 Å². The minimum atomic E-state index is 0.0854. The van der Waals surface area contributed by atoms with Gasteiger partial charge in [0.05, 0.1) is 17.6 Å². The van der Waals surface area contributed by atoms with Gasteiger partial charge in [-0.1, -0.05) is 48.9 Å². The molecule has 2 heterocycles. The Balaban J connectivity index is 1.28. The third kappa shape index (κ3) is 5.01. The van der Waals surface area contributed by atoms with Crippen LogP contribution in [0.3, 0.4) is 0 Å². The van der Waals surface area contributed by atoms with E-state index in [0.717, 1.165) is 54.1 Å². The third-order valence-electron chi connectivity index (χ3n) is 7.19. The molecule has 5 nitrogen and oxygen atoms in total. The zero-order valence-corrected chi connectivity index (χ0v) is 21.5. The molecule has 36 heavy (non-hydrogen) atoms. The number of ether oxygens (including phenoxy) is 1. The molecule has 0 bridgehead atoms. The lowest BCUT2D eigenvalue weighted by atomic mass is 10.1. The van der Waals surface area contributed by atoms with E-state index >= 15 is 0 Å². The fraction of sp³-hybridized carbons (Fsp3) is 0.355. The number of anilines is 1. The van der Waals surface area contributed by atoms with Crippen molar-refractivity contribution in [1.29, 1.82) is 0 Å². The van der Waals surface area contributed by atoms with Crippen LogP contribution in [0.25, 0.3) is 11.0 Å². The highest BCUT2D eigenvalue weighted by Gasteiger charge is 2.34. The van der Waals surface area contributed by atoms with Gasteiger partial charge in [0.2, 0.25) is 5.91 Å². The number of carbonyl (C=O) groups is 1. The molecule has 1 aromatic heterocycles. The van der Waals surface area contributed by atoms with Gasteiger partial charge in [0.25, 0.3) is 0 Å². The molecule has 3 aromatic carbocycles. The second-order valence-electron chi connectivity index (χ2n) is 9.86. The average Bonchev–Trinajstić information content (AvgIpc) is 3.45. The number of imidazole rings is 1. The molecule has 1 amide bonds. The van der Waals surface area contributed by atoms with Crippen molar-refractivity contribution in [2.75, 3.05) is 18.1 Å². The molecule has 0 aliphatic carbocycles. The molecule has 1 aliphatic rings. The van der Waals surface area contributed by atoms with Crippen LogP contribution in [-0.2, 0) is 17.8 Å². The zero-order chi connectivity index (χ0) is 25.1. The van der Waals surface area contributed by atoms with Crippen molar-refractivity contribution in [3.05, 3.63) is 89.2 Å². The van der Waals surface area contributed by atoms with Crippen molar-refractivity contribution in [3.63, 3.8) is 0 Å². The van der Waals surface area contributed by atoms with Crippen molar-refractivity contribution >= 4 is 22.6 Å². The Morgan fingerprint density at radius 1 is 1.00 bits per heavy atom. The number of hydrogen-bond donors (Lipinski definition) is 0. The van der Waals surface area contributed by atoms with Crippen molar-refractivity contribution in [2.45, 2.75) is 58.9 Å². The summed E-state index contributed by atoms with van der Waals surface area (Å²) in [5, 5.41) is 0. The molecular weight excluding hydrogens is 446 g/mol. The Labute approximate surface area is 213 Å². The van der Waals surface area contributed by atoms with Crippen LogP contribution in [0.5, 0.6) is 5.75 Å². The first kappa shape index (κ1) is 24.1. The van der Waals surface area contributed by atoms with E-state index in [4.69, 9.17) is 9.72 Å². The van der Waals surface area contributed by atoms with Crippen molar-refractivity contribution in [1.82, 2.24) is 9.55 Å². The van der Waals surface area contributed by atoms with Gasteiger partial charge in [0.1, 0.15) is 11.6 Å². The maximum atomic E-state index is 13.0. The number of aromatic nitrogens is 2. The number of carbonyl (C=O) groups excluding carboxylic acids is 1. The van der Waals surface area contributed by atoms with E-state index < -0.39 is 0 Å². The highest BCUT2D eigenvalue weighted by Crippen LogP contribution is 2.33. The highest BCUT2D eigenvalue weighted by atomic mass is 16.5. The van der Waals surface area contributed by atoms with E-state index in [0.29, 0.717) is 19.6 Å². The van der Waals surface area contributed by atoms with Crippen LogP contribution < -0.4 is 9.64 Å². The van der Waals surface area contributed by atoms with E-state index in [1.807, 2.05) is 11.0 Å². The predicted octanol–water partition coefficient (Wildman–Crippen LogP) is 6.60. The summed E-state index contributed by atoms with van der Waals surface area (Å²) in [6.45, 7) is 8.56. The van der Waals surface area contributed by atoms with E-state index in [-0.39, 0.29) is 11.8 Å². The number of nitrogens with zero attached hydrogens (tertiary/aromatic N) is 3. The van der Waals surface area contributed by atoms with Gasteiger partial charge >= 0.3 is 0 Å². The normalized spacial score (nSPS) is 15.7. The van der Waals surface area contributed by atoms with Crippen LogP contribution in [0.2, 0.25) is 0 Å². The Morgan fingerprint density at radius 2 is 1.81 bits per heavy atom. The fourth-order valence-corrected chi connectivity index (χ4v) is 5.20. The molecule has 1 fully saturated rings. The number of aryl methyl sites for hydroxylation is 4. The van der Waals surface area contributed by atoms with Gasteiger partial charge in [-0.05, 0) is 74.6 Å². The van der Waals surface area contributed by atoms with Crippen molar-refractivity contribution in [2.24, 2.45) is 0 Å². The molecule has 5 rings (SSSR count). The summed E-state index contributed by atoms with van der Waals surface area (Å²) in [5.74, 6) is 2.24. The van der Waals surface area contributed by atoms with Crippen LogP contribution in [0, 0.1) is 13.8 Å². The number of rotatable bonds is 9. The second kappa shape index (κ2) is 10.6. The van der Waals surface area contributed by atoms with Crippen LogP contribution in [0.4, 0.5) is 5.69 Å². The van der Waals surface area contributed by atoms with Crippen LogP contribution in [0.15, 0.2) is 66.7 Å². The van der Waals surface area contributed by atoms with Gasteiger partial charge in [-0.15, -0.1) is 0 Å². The summed E-state index contributed by atoms with van der Waals surface area (Å²) in [6.07, 6.45) is 3.44. The molecule has 1 unspecified atom stereocenters. The maximum absolute atomic E-state index is 13.0. The number of amides is 1. The minimum Gasteiger partial charge on any atom is -0.493 e. The standard InChI is InChI=1S/C31H35N3O2/c1-4-24-12-14-26(15-13-24)34-21-25(20-30(34)35)31-32-27-9-5-6-10-28(27)33(31)17-7-8-18-36-29-16-11-22(2)19-23(29)3/h5-6,9-16,19,25H,4,7-8,17-18,20-21H2,1-3H3. The molecule has 5 heteroatoms. The largest absolute Gasteiger partial charge is 0.493 e. The Bertz CT molecular complexity index is 1360. The van der Waals surface area contributed by atoms with Gasteiger partial charge in [-0.2, -0.15) is 0 Å². The van der Waals surface area contributed by atoms with Gasteiger partial charge in [-0.3, -0.25) is 4.79 Å². The molecule has 4 aromatic rings. The number of hydrogen-bond acceptors (Lipinski definition) is 3. The molecule has 0 saturated carbocycles. The molecule has 0 spiro atoms. The number of unbranched alkanes of at least 4 members (excludes halogenated alkanes) is 1. The second-order valence-corrected chi connectivity index (χ2v) is 9.86. The summed E-state index contributed by atoms with van der Waals surface area (Å²) in [5.41, 5.74) is 6.83. The Morgan fingerprint density at radius 3 is 2.58 bits per heavy atom. The Kier molecular flexibility index (Phi) is 7.08. The summed E-state index contributed by atoms with van der Waals surface area (Å²) in [4.78, 5) is 19.9. The van der Waals surface area contributed by atoms with E-state index in [9.17, 15) is 4.79 Å². The summed E-state index contributed by atoms with van der Waals surface area (Å²) in [7, 11) is 0. The lowest BCUT2D eigenvalue weighted by Crippen LogP contribution is -2.24. The van der Waals surface area contributed by atoms with E-state index in [1.54, 1.807) is 0 Å².